The molecule has 0 atom stereocenters. The molecule has 1 aromatic rings. The molecule has 0 aliphatic carbocycles. The van der Waals surface area contributed by atoms with Crippen LogP contribution in [0, 0.1) is 11.3 Å². The number of methoxy groups -OCH3 is 1. The monoisotopic (exact) mass is 267 g/mol. The SMILES string of the molecule is COc1ccc(C(C)(C)C#N)cc1CBr. The number of nitrogens with zero attached hydrogens (tertiary/aromatic N) is 1. The van der Waals surface area contributed by atoms with E-state index in [2.05, 4.69) is 22.0 Å². The third kappa shape index (κ3) is 2.51. The predicted octanol–water partition coefficient (Wildman–Crippen LogP) is 3.39. The highest BCUT2D eigenvalue weighted by Crippen LogP contribution is 2.28. The largest absolute Gasteiger partial charge is 0.496 e. The van der Waals surface area contributed by atoms with Gasteiger partial charge in [0, 0.05) is 10.9 Å². The predicted molar refractivity (Wildman–Crippen MR) is 64.3 cm³/mol. The summed E-state index contributed by atoms with van der Waals surface area (Å²) in [5.41, 5.74) is 1.63. The van der Waals surface area contributed by atoms with E-state index in [9.17, 15) is 0 Å². The first-order valence-electron chi connectivity index (χ1n) is 4.69. The Morgan fingerprint density at radius 2 is 2.13 bits per heavy atom. The van der Waals surface area contributed by atoms with Gasteiger partial charge in [-0.3, -0.25) is 0 Å². The fourth-order valence-corrected chi connectivity index (χ4v) is 1.77. The quantitative estimate of drug-likeness (QED) is 0.787. The van der Waals surface area contributed by atoms with Gasteiger partial charge < -0.3 is 4.74 Å². The van der Waals surface area contributed by atoms with Gasteiger partial charge in [0.1, 0.15) is 5.75 Å². The average Bonchev–Trinajstić information content (AvgIpc) is 2.28. The lowest BCUT2D eigenvalue weighted by atomic mass is 9.85. The summed E-state index contributed by atoms with van der Waals surface area (Å²) in [7, 11) is 1.65. The summed E-state index contributed by atoms with van der Waals surface area (Å²) >= 11 is 3.41. The summed E-state index contributed by atoms with van der Waals surface area (Å²) in [5, 5.41) is 9.77. The van der Waals surface area contributed by atoms with Gasteiger partial charge in [-0.25, -0.2) is 0 Å². The van der Waals surface area contributed by atoms with Crippen molar-refractivity contribution in [1.82, 2.24) is 0 Å². The van der Waals surface area contributed by atoms with Crippen molar-refractivity contribution >= 4 is 15.9 Å². The molecule has 3 heteroatoms. The first kappa shape index (κ1) is 12.1. The molecule has 0 amide bonds. The molecule has 0 aromatic heterocycles. The van der Waals surface area contributed by atoms with Crippen LogP contribution in [-0.2, 0) is 10.7 Å². The number of rotatable bonds is 3. The Labute approximate surface area is 99.0 Å². The topological polar surface area (TPSA) is 33.0 Å². The highest BCUT2D eigenvalue weighted by atomic mass is 79.9. The van der Waals surface area contributed by atoms with Gasteiger partial charge in [-0.05, 0) is 31.5 Å². The highest BCUT2D eigenvalue weighted by molar-refractivity contribution is 9.08. The normalized spacial score (nSPS) is 10.9. The molecule has 1 aromatic carbocycles. The Bertz CT molecular complexity index is 393. The summed E-state index contributed by atoms with van der Waals surface area (Å²) in [6, 6.07) is 8.15. The second-order valence-corrected chi connectivity index (χ2v) is 4.46. The molecule has 0 fully saturated rings. The van der Waals surface area contributed by atoms with E-state index < -0.39 is 5.41 Å². The van der Waals surface area contributed by atoms with Crippen LogP contribution in [0.1, 0.15) is 25.0 Å². The zero-order chi connectivity index (χ0) is 11.5. The second-order valence-electron chi connectivity index (χ2n) is 3.90. The minimum Gasteiger partial charge on any atom is -0.496 e. The van der Waals surface area contributed by atoms with Crippen molar-refractivity contribution in [1.29, 1.82) is 5.26 Å². The van der Waals surface area contributed by atoms with Gasteiger partial charge in [0.25, 0.3) is 0 Å². The van der Waals surface area contributed by atoms with E-state index in [1.165, 1.54) is 0 Å². The molecule has 0 unspecified atom stereocenters. The van der Waals surface area contributed by atoms with Crippen molar-refractivity contribution in [3.05, 3.63) is 29.3 Å². The van der Waals surface area contributed by atoms with Crippen LogP contribution >= 0.6 is 15.9 Å². The zero-order valence-electron chi connectivity index (χ0n) is 9.17. The fraction of sp³-hybridized carbons (Fsp3) is 0.417. The molecule has 15 heavy (non-hydrogen) atoms. The number of alkyl halides is 1. The smallest absolute Gasteiger partial charge is 0.122 e. The summed E-state index contributed by atoms with van der Waals surface area (Å²) in [6.07, 6.45) is 0. The highest BCUT2D eigenvalue weighted by Gasteiger charge is 2.20. The Morgan fingerprint density at radius 1 is 1.47 bits per heavy atom. The lowest BCUT2D eigenvalue weighted by molar-refractivity contribution is 0.411. The molecular formula is C12H14BrNO. The van der Waals surface area contributed by atoms with Crippen LogP contribution in [0.25, 0.3) is 0 Å². The van der Waals surface area contributed by atoms with Crippen LogP contribution in [-0.4, -0.2) is 7.11 Å². The lowest BCUT2D eigenvalue weighted by Crippen LogP contribution is -2.14. The van der Waals surface area contributed by atoms with Gasteiger partial charge >= 0.3 is 0 Å². The van der Waals surface area contributed by atoms with E-state index >= 15 is 0 Å². The molecule has 0 bridgehead atoms. The molecule has 0 saturated heterocycles. The molecule has 0 spiro atoms. The van der Waals surface area contributed by atoms with Crippen LogP contribution in [0.4, 0.5) is 0 Å². The van der Waals surface area contributed by atoms with E-state index in [-0.39, 0.29) is 0 Å². The van der Waals surface area contributed by atoms with E-state index in [0.717, 1.165) is 22.2 Å². The lowest BCUT2D eigenvalue weighted by Gasteiger charge is -2.17. The van der Waals surface area contributed by atoms with Crippen LogP contribution in [0.2, 0.25) is 0 Å². The van der Waals surface area contributed by atoms with E-state index in [1.54, 1.807) is 7.11 Å². The maximum Gasteiger partial charge on any atom is 0.122 e. The Hall–Kier alpha value is -1.01. The zero-order valence-corrected chi connectivity index (χ0v) is 10.8. The minimum atomic E-state index is -0.455. The van der Waals surface area contributed by atoms with Crippen LogP contribution < -0.4 is 4.74 Å². The summed E-state index contributed by atoms with van der Waals surface area (Å²) in [6.45, 7) is 3.82. The molecule has 0 radical (unpaired) electrons. The number of hydrogen-bond donors (Lipinski definition) is 0. The maximum absolute atomic E-state index is 9.04. The van der Waals surface area contributed by atoms with Crippen molar-refractivity contribution in [2.24, 2.45) is 0 Å². The maximum atomic E-state index is 9.04. The average molecular weight is 268 g/mol. The van der Waals surface area contributed by atoms with Crippen molar-refractivity contribution < 1.29 is 4.74 Å². The first-order chi connectivity index (χ1) is 7.05. The van der Waals surface area contributed by atoms with Gasteiger partial charge in [-0.2, -0.15) is 5.26 Å². The Morgan fingerprint density at radius 3 is 2.60 bits per heavy atom. The van der Waals surface area contributed by atoms with Crippen LogP contribution in [0.5, 0.6) is 5.75 Å². The fourth-order valence-electron chi connectivity index (χ4n) is 1.34. The third-order valence-electron chi connectivity index (χ3n) is 2.43. The molecule has 1 rings (SSSR count). The minimum absolute atomic E-state index is 0.455. The van der Waals surface area contributed by atoms with Crippen LogP contribution in [0.15, 0.2) is 18.2 Å². The molecule has 0 heterocycles. The van der Waals surface area contributed by atoms with Crippen molar-refractivity contribution in [2.75, 3.05) is 7.11 Å². The molecule has 0 saturated carbocycles. The van der Waals surface area contributed by atoms with Crippen molar-refractivity contribution in [3.8, 4) is 11.8 Å². The molecule has 2 nitrogen and oxygen atoms in total. The standard InChI is InChI=1S/C12H14BrNO/c1-12(2,8-14)10-4-5-11(15-3)9(6-10)7-13/h4-6H,7H2,1-3H3. The van der Waals surface area contributed by atoms with Crippen LogP contribution in [0.3, 0.4) is 0 Å². The molecule has 80 valence electrons. The molecule has 0 N–H and O–H groups in total. The first-order valence-corrected chi connectivity index (χ1v) is 5.82. The number of ether oxygens (including phenoxy) is 1. The summed E-state index contributed by atoms with van der Waals surface area (Å²) in [5.74, 6) is 0.851. The van der Waals surface area contributed by atoms with E-state index in [1.807, 2.05) is 32.0 Å². The Balaban J connectivity index is 3.21. The van der Waals surface area contributed by atoms with Gasteiger partial charge in [-0.15, -0.1) is 0 Å². The summed E-state index contributed by atoms with van der Waals surface area (Å²) in [4.78, 5) is 0. The molecule has 0 aliphatic heterocycles. The third-order valence-corrected chi connectivity index (χ3v) is 3.03. The summed E-state index contributed by atoms with van der Waals surface area (Å²) < 4.78 is 5.22. The van der Waals surface area contributed by atoms with Crippen molar-refractivity contribution in [3.63, 3.8) is 0 Å². The number of halogens is 1. The second kappa shape index (κ2) is 4.67. The van der Waals surface area contributed by atoms with Gasteiger partial charge in [0.05, 0.1) is 18.6 Å². The van der Waals surface area contributed by atoms with E-state index in [4.69, 9.17) is 10.00 Å². The van der Waals surface area contributed by atoms with Gasteiger partial charge in [0.15, 0.2) is 0 Å². The molecular weight excluding hydrogens is 254 g/mol. The Kier molecular flexibility index (Phi) is 3.76. The van der Waals surface area contributed by atoms with Gasteiger partial charge in [-0.1, -0.05) is 22.0 Å². The number of nitriles is 1. The number of benzene rings is 1. The number of hydrogen-bond acceptors (Lipinski definition) is 2. The molecule has 0 aliphatic rings. The van der Waals surface area contributed by atoms with E-state index in [0.29, 0.717) is 0 Å². The van der Waals surface area contributed by atoms with Gasteiger partial charge in [0.2, 0.25) is 0 Å². The van der Waals surface area contributed by atoms with Crippen molar-refractivity contribution in [2.45, 2.75) is 24.6 Å².